The van der Waals surface area contributed by atoms with E-state index in [1.54, 1.807) is 6.07 Å². The Morgan fingerprint density at radius 3 is 2.70 bits per heavy atom. The molecule has 3 rings (SSSR count). The average Bonchev–Trinajstić information content (AvgIpc) is 3.10. The predicted molar refractivity (Wildman–Crippen MR) is 96.9 cm³/mol. The van der Waals surface area contributed by atoms with Gasteiger partial charge in [-0.3, -0.25) is 4.79 Å². The minimum Gasteiger partial charge on any atom is -0.433 e. The Bertz CT molecular complexity index is 933. The molecule has 27 heavy (non-hydrogen) atoms. The van der Waals surface area contributed by atoms with Gasteiger partial charge in [-0.1, -0.05) is 42.1 Å². The number of amides is 1. The number of ether oxygens (including phenoxy) is 1. The van der Waals surface area contributed by atoms with Crippen LogP contribution in [0.15, 0.2) is 58.2 Å². The molecule has 6 nitrogen and oxygen atoms in total. The van der Waals surface area contributed by atoms with Gasteiger partial charge in [-0.25, -0.2) is 0 Å². The number of aryl methyl sites for hydroxylation is 1. The Morgan fingerprint density at radius 1 is 1.19 bits per heavy atom. The summed E-state index contributed by atoms with van der Waals surface area (Å²) in [6, 6.07) is 13.5. The highest BCUT2D eigenvalue weighted by Crippen LogP contribution is 2.27. The summed E-state index contributed by atoms with van der Waals surface area (Å²) >= 11 is 1.05. The molecule has 0 bridgehead atoms. The SMILES string of the molecule is Cc1ccccc1-c1nnc(SCC(=O)Nc2ccccc2OC(F)F)o1. The Labute approximate surface area is 157 Å². The van der Waals surface area contributed by atoms with Crippen molar-refractivity contribution in [3.63, 3.8) is 0 Å². The van der Waals surface area contributed by atoms with E-state index in [4.69, 9.17) is 4.42 Å². The van der Waals surface area contributed by atoms with Gasteiger partial charge in [-0.2, -0.15) is 8.78 Å². The van der Waals surface area contributed by atoms with Crippen LogP contribution in [0.5, 0.6) is 5.75 Å². The van der Waals surface area contributed by atoms with Gasteiger partial charge in [-0.05, 0) is 30.7 Å². The number of carbonyl (C=O) groups is 1. The maximum absolute atomic E-state index is 12.4. The molecule has 2 aromatic carbocycles. The summed E-state index contributed by atoms with van der Waals surface area (Å²) in [6.45, 7) is -1.05. The van der Waals surface area contributed by atoms with Gasteiger partial charge >= 0.3 is 6.61 Å². The summed E-state index contributed by atoms with van der Waals surface area (Å²) in [4.78, 5) is 12.1. The van der Waals surface area contributed by atoms with Crippen molar-refractivity contribution in [2.45, 2.75) is 18.8 Å². The number of hydrogen-bond acceptors (Lipinski definition) is 6. The molecule has 1 heterocycles. The molecule has 3 aromatic rings. The standard InChI is InChI=1S/C18H15F2N3O3S/c1-11-6-2-3-7-12(11)16-22-23-18(26-16)27-10-15(24)21-13-8-4-5-9-14(13)25-17(19)20/h2-9,17H,10H2,1H3,(H,21,24). The number of carbonyl (C=O) groups excluding carboxylic acids is 1. The van der Waals surface area contributed by atoms with Gasteiger partial charge in [0.05, 0.1) is 11.4 Å². The summed E-state index contributed by atoms with van der Waals surface area (Å²) < 4.78 is 34.8. The lowest BCUT2D eigenvalue weighted by molar-refractivity contribution is -0.113. The lowest BCUT2D eigenvalue weighted by Gasteiger charge is -2.11. The van der Waals surface area contributed by atoms with Crippen molar-refractivity contribution in [3.05, 3.63) is 54.1 Å². The van der Waals surface area contributed by atoms with Crippen molar-refractivity contribution >= 4 is 23.4 Å². The molecule has 0 aliphatic carbocycles. The summed E-state index contributed by atoms with van der Waals surface area (Å²) in [6.07, 6.45) is 0. The molecule has 0 radical (unpaired) electrons. The van der Waals surface area contributed by atoms with E-state index in [0.29, 0.717) is 5.89 Å². The van der Waals surface area contributed by atoms with Crippen molar-refractivity contribution in [3.8, 4) is 17.2 Å². The molecule has 0 atom stereocenters. The van der Waals surface area contributed by atoms with Crippen molar-refractivity contribution < 1.29 is 22.7 Å². The van der Waals surface area contributed by atoms with Crippen LogP contribution in [0.3, 0.4) is 0 Å². The zero-order valence-electron chi connectivity index (χ0n) is 14.2. The van der Waals surface area contributed by atoms with Crippen molar-refractivity contribution in [2.75, 3.05) is 11.1 Å². The number of thioether (sulfide) groups is 1. The molecular formula is C18H15F2N3O3S. The van der Waals surface area contributed by atoms with E-state index in [1.807, 2.05) is 31.2 Å². The highest BCUT2D eigenvalue weighted by atomic mass is 32.2. The van der Waals surface area contributed by atoms with Gasteiger partial charge in [-0.15, -0.1) is 10.2 Å². The summed E-state index contributed by atoms with van der Waals surface area (Å²) in [5, 5.41) is 10.7. The van der Waals surface area contributed by atoms with Gasteiger partial charge in [0, 0.05) is 5.56 Å². The first-order valence-electron chi connectivity index (χ1n) is 7.89. The smallest absolute Gasteiger partial charge is 0.387 e. The first kappa shape index (κ1) is 18.8. The molecule has 1 N–H and O–H groups in total. The van der Waals surface area contributed by atoms with E-state index in [1.165, 1.54) is 18.2 Å². The van der Waals surface area contributed by atoms with Crippen LogP contribution in [0.1, 0.15) is 5.56 Å². The summed E-state index contributed by atoms with van der Waals surface area (Å²) in [7, 11) is 0. The fourth-order valence-corrected chi connectivity index (χ4v) is 2.84. The molecule has 0 saturated carbocycles. The Morgan fingerprint density at radius 2 is 1.93 bits per heavy atom. The number of alkyl halides is 2. The normalized spacial score (nSPS) is 10.8. The lowest BCUT2D eigenvalue weighted by atomic mass is 10.1. The number of nitrogens with one attached hydrogen (secondary N) is 1. The third-order valence-electron chi connectivity index (χ3n) is 3.49. The third kappa shape index (κ3) is 5.04. The Kier molecular flexibility index (Phi) is 6.02. The largest absolute Gasteiger partial charge is 0.433 e. The van der Waals surface area contributed by atoms with Gasteiger partial charge in [0.1, 0.15) is 5.75 Å². The van der Waals surface area contributed by atoms with Crippen LogP contribution >= 0.6 is 11.8 Å². The fourth-order valence-electron chi connectivity index (χ4n) is 2.27. The van der Waals surface area contributed by atoms with Crippen LogP contribution in [-0.4, -0.2) is 28.5 Å². The molecule has 0 fully saturated rings. The summed E-state index contributed by atoms with van der Waals surface area (Å²) in [5.41, 5.74) is 1.97. The highest BCUT2D eigenvalue weighted by molar-refractivity contribution is 7.99. The van der Waals surface area contributed by atoms with Gasteiger partial charge in [0.25, 0.3) is 5.22 Å². The number of hydrogen-bond donors (Lipinski definition) is 1. The Hall–Kier alpha value is -2.94. The van der Waals surface area contributed by atoms with Crippen molar-refractivity contribution in [1.29, 1.82) is 0 Å². The maximum atomic E-state index is 12.4. The number of aromatic nitrogens is 2. The molecule has 0 saturated heterocycles. The van der Waals surface area contributed by atoms with E-state index < -0.39 is 12.5 Å². The second kappa shape index (κ2) is 8.63. The molecule has 0 unspecified atom stereocenters. The number of para-hydroxylation sites is 2. The number of benzene rings is 2. The zero-order chi connectivity index (χ0) is 19.2. The zero-order valence-corrected chi connectivity index (χ0v) is 15.0. The number of anilines is 1. The molecule has 1 amide bonds. The molecule has 140 valence electrons. The number of halogens is 2. The Balaban J connectivity index is 1.60. The van der Waals surface area contributed by atoms with Crippen molar-refractivity contribution in [2.24, 2.45) is 0 Å². The predicted octanol–water partition coefficient (Wildman–Crippen LogP) is 4.38. The molecular weight excluding hydrogens is 376 g/mol. The quantitative estimate of drug-likeness (QED) is 0.603. The topological polar surface area (TPSA) is 77.2 Å². The van der Waals surface area contributed by atoms with Gasteiger partial charge < -0.3 is 14.5 Å². The second-order valence-electron chi connectivity index (χ2n) is 5.40. The monoisotopic (exact) mass is 391 g/mol. The van der Waals surface area contributed by atoms with E-state index in [0.717, 1.165) is 22.9 Å². The van der Waals surface area contributed by atoms with Crippen LogP contribution in [0.4, 0.5) is 14.5 Å². The molecule has 1 aromatic heterocycles. The highest BCUT2D eigenvalue weighted by Gasteiger charge is 2.14. The number of nitrogens with zero attached hydrogens (tertiary/aromatic N) is 2. The van der Waals surface area contributed by atoms with Crippen LogP contribution in [-0.2, 0) is 4.79 Å². The van der Waals surface area contributed by atoms with Crippen LogP contribution in [0.25, 0.3) is 11.5 Å². The van der Waals surface area contributed by atoms with Crippen LogP contribution in [0, 0.1) is 6.92 Å². The minimum atomic E-state index is -2.98. The van der Waals surface area contributed by atoms with E-state index in [2.05, 4.69) is 20.3 Å². The first-order valence-corrected chi connectivity index (χ1v) is 8.87. The average molecular weight is 391 g/mol. The number of rotatable bonds is 7. The molecule has 0 aliphatic rings. The van der Waals surface area contributed by atoms with Crippen molar-refractivity contribution in [1.82, 2.24) is 10.2 Å². The second-order valence-corrected chi connectivity index (χ2v) is 6.33. The molecule has 9 heteroatoms. The van der Waals surface area contributed by atoms with E-state index >= 15 is 0 Å². The van der Waals surface area contributed by atoms with Crippen LogP contribution in [0.2, 0.25) is 0 Å². The molecule has 0 spiro atoms. The maximum Gasteiger partial charge on any atom is 0.387 e. The van der Waals surface area contributed by atoms with E-state index in [-0.39, 0.29) is 22.4 Å². The summed E-state index contributed by atoms with van der Waals surface area (Å²) in [5.74, 6) is -0.184. The first-order chi connectivity index (χ1) is 13.0. The lowest BCUT2D eigenvalue weighted by Crippen LogP contribution is -2.15. The van der Waals surface area contributed by atoms with Gasteiger partial charge in [0.2, 0.25) is 11.8 Å². The van der Waals surface area contributed by atoms with Gasteiger partial charge in [0.15, 0.2) is 0 Å². The molecule has 0 aliphatic heterocycles. The van der Waals surface area contributed by atoms with E-state index in [9.17, 15) is 13.6 Å². The fraction of sp³-hybridized carbons (Fsp3) is 0.167. The third-order valence-corrected chi connectivity index (χ3v) is 4.30. The van der Waals surface area contributed by atoms with Crippen LogP contribution < -0.4 is 10.1 Å². The minimum absolute atomic E-state index is 0.0293.